The molecular formula is C21H22N3O6PS. The van der Waals surface area contributed by atoms with Crippen LogP contribution >= 0.6 is 19.1 Å². The predicted molar refractivity (Wildman–Crippen MR) is 120 cm³/mol. The molecule has 0 aliphatic heterocycles. The van der Waals surface area contributed by atoms with Gasteiger partial charge in [-0.05, 0) is 17.5 Å². The van der Waals surface area contributed by atoms with E-state index in [0.717, 1.165) is 16.9 Å². The van der Waals surface area contributed by atoms with Gasteiger partial charge in [0.1, 0.15) is 6.04 Å². The van der Waals surface area contributed by atoms with Crippen LogP contribution in [0.2, 0.25) is 0 Å². The molecule has 2 unspecified atom stereocenters. The summed E-state index contributed by atoms with van der Waals surface area (Å²) < 4.78 is 17.8. The lowest BCUT2D eigenvalue weighted by atomic mass is 10.1. The number of carbonyl (C=O) groups is 2. The highest BCUT2D eigenvalue weighted by Crippen LogP contribution is 2.39. The Bertz CT molecular complexity index is 1090. The van der Waals surface area contributed by atoms with Gasteiger partial charge in [-0.3, -0.25) is 14.1 Å². The Labute approximate surface area is 188 Å². The van der Waals surface area contributed by atoms with Crippen molar-refractivity contribution >= 4 is 36.1 Å². The quantitative estimate of drug-likeness (QED) is 0.310. The van der Waals surface area contributed by atoms with Gasteiger partial charge in [-0.1, -0.05) is 60.7 Å². The lowest BCUT2D eigenvalue weighted by Crippen LogP contribution is -2.40. The third-order valence-electron chi connectivity index (χ3n) is 4.28. The van der Waals surface area contributed by atoms with Crippen LogP contribution in [0, 0.1) is 0 Å². The van der Waals surface area contributed by atoms with Crippen LogP contribution in [0.15, 0.2) is 66.0 Å². The molecule has 0 saturated heterocycles. The van der Waals surface area contributed by atoms with Crippen molar-refractivity contribution in [1.29, 1.82) is 0 Å². The first-order valence-corrected chi connectivity index (χ1v) is 12.1. The first kappa shape index (κ1) is 23.8. The number of hydrogen-bond acceptors (Lipinski definition) is 6. The molecule has 3 rings (SSSR count). The molecule has 0 bridgehead atoms. The van der Waals surface area contributed by atoms with Crippen LogP contribution in [0.5, 0.6) is 0 Å². The fraction of sp³-hybridized carbons (Fsp3) is 0.190. The Morgan fingerprint density at radius 1 is 1.06 bits per heavy atom. The number of aliphatic carboxylic acids is 1. The minimum absolute atomic E-state index is 0.105. The molecule has 0 aliphatic rings. The standard InChI is InChI=1S/C21H22N3O6PS/c25-19(26)12-17-14-32-21(22-17)23-20(27)18(11-15-7-3-1-4-8-15)24-31(28,29)30-13-16-9-5-2-6-10-16/h1-10,14,18H,11-13H2,(H,25,26)(H,22,23,27)(H2,24,28,29). The molecule has 0 aliphatic carbocycles. The van der Waals surface area contributed by atoms with Crippen LogP contribution < -0.4 is 10.4 Å². The third kappa shape index (κ3) is 7.67. The highest BCUT2D eigenvalue weighted by atomic mass is 32.1. The third-order valence-corrected chi connectivity index (χ3v) is 6.20. The van der Waals surface area contributed by atoms with Gasteiger partial charge in [0, 0.05) is 5.38 Å². The van der Waals surface area contributed by atoms with E-state index in [2.05, 4.69) is 15.4 Å². The number of carbonyl (C=O) groups excluding carboxylic acids is 1. The van der Waals surface area contributed by atoms with Crippen molar-refractivity contribution in [2.75, 3.05) is 5.32 Å². The molecule has 0 radical (unpaired) electrons. The summed E-state index contributed by atoms with van der Waals surface area (Å²) >= 11 is 1.07. The number of benzene rings is 2. The molecule has 2 aromatic carbocycles. The number of aromatic nitrogens is 1. The molecule has 1 aromatic heterocycles. The second-order valence-electron chi connectivity index (χ2n) is 6.85. The first-order chi connectivity index (χ1) is 15.3. The van der Waals surface area contributed by atoms with E-state index in [0.29, 0.717) is 11.3 Å². The maximum atomic E-state index is 12.9. The van der Waals surface area contributed by atoms with Crippen LogP contribution in [-0.4, -0.2) is 32.9 Å². The number of amides is 1. The molecule has 4 N–H and O–H groups in total. The van der Waals surface area contributed by atoms with Gasteiger partial charge < -0.3 is 15.3 Å². The van der Waals surface area contributed by atoms with Gasteiger partial charge in [-0.15, -0.1) is 11.3 Å². The number of carboxylic acids is 1. The minimum atomic E-state index is -4.33. The summed E-state index contributed by atoms with van der Waals surface area (Å²) in [4.78, 5) is 38.1. The Kier molecular flexibility index (Phi) is 8.26. The van der Waals surface area contributed by atoms with Gasteiger partial charge >= 0.3 is 13.7 Å². The van der Waals surface area contributed by atoms with Crippen molar-refractivity contribution in [2.45, 2.75) is 25.5 Å². The Balaban J connectivity index is 1.70. The van der Waals surface area contributed by atoms with Crippen LogP contribution in [0.1, 0.15) is 16.8 Å². The second-order valence-corrected chi connectivity index (χ2v) is 9.27. The van der Waals surface area contributed by atoms with E-state index in [9.17, 15) is 19.0 Å². The van der Waals surface area contributed by atoms with Crippen molar-refractivity contribution in [3.8, 4) is 0 Å². The number of rotatable bonds is 11. The van der Waals surface area contributed by atoms with Gasteiger partial charge in [-0.25, -0.2) is 14.6 Å². The lowest BCUT2D eigenvalue weighted by Gasteiger charge is -2.21. The molecule has 11 heteroatoms. The molecule has 2 atom stereocenters. The molecule has 0 saturated carbocycles. The SMILES string of the molecule is O=C(O)Cc1csc(NC(=O)C(Cc2ccccc2)NP(=O)(O)OCc2ccccc2)n1. The number of carboxylic acid groups (broad SMARTS) is 1. The van der Waals surface area contributed by atoms with Gasteiger partial charge in [0.05, 0.1) is 18.7 Å². The monoisotopic (exact) mass is 475 g/mol. The topological polar surface area (TPSA) is 138 Å². The Morgan fingerprint density at radius 3 is 2.31 bits per heavy atom. The normalized spacial score (nSPS) is 13.8. The summed E-state index contributed by atoms with van der Waals surface area (Å²) in [5, 5.41) is 15.6. The van der Waals surface area contributed by atoms with Crippen LogP contribution in [0.25, 0.3) is 0 Å². The number of hydrogen-bond donors (Lipinski definition) is 4. The maximum Gasteiger partial charge on any atom is 0.403 e. The number of nitrogens with one attached hydrogen (secondary N) is 2. The molecule has 168 valence electrons. The van der Waals surface area contributed by atoms with E-state index >= 15 is 0 Å². The average Bonchev–Trinajstić information content (AvgIpc) is 3.19. The molecule has 1 amide bonds. The molecule has 32 heavy (non-hydrogen) atoms. The zero-order chi connectivity index (χ0) is 23.0. The van der Waals surface area contributed by atoms with E-state index < -0.39 is 25.7 Å². The Hall–Kier alpha value is -2.88. The highest BCUT2D eigenvalue weighted by Gasteiger charge is 2.30. The highest BCUT2D eigenvalue weighted by molar-refractivity contribution is 7.50. The lowest BCUT2D eigenvalue weighted by molar-refractivity contribution is -0.136. The fourth-order valence-corrected chi connectivity index (χ4v) is 4.52. The average molecular weight is 475 g/mol. The van der Waals surface area contributed by atoms with E-state index in [1.54, 1.807) is 48.5 Å². The summed E-state index contributed by atoms with van der Waals surface area (Å²) in [5.74, 6) is -1.63. The van der Waals surface area contributed by atoms with Crippen molar-refractivity contribution in [2.24, 2.45) is 0 Å². The molecular weight excluding hydrogens is 453 g/mol. The summed E-state index contributed by atoms with van der Waals surface area (Å²) in [6, 6.07) is 16.8. The van der Waals surface area contributed by atoms with E-state index in [1.165, 1.54) is 5.38 Å². The molecule has 3 aromatic rings. The molecule has 9 nitrogen and oxygen atoms in total. The number of thiazole rings is 1. The summed E-state index contributed by atoms with van der Waals surface area (Å²) in [6.45, 7) is -0.105. The van der Waals surface area contributed by atoms with Gasteiger partial charge in [0.15, 0.2) is 5.13 Å². The number of nitrogens with zero attached hydrogens (tertiary/aromatic N) is 1. The van der Waals surface area contributed by atoms with Crippen molar-refractivity contribution in [3.05, 3.63) is 82.9 Å². The smallest absolute Gasteiger partial charge is 0.403 e. The van der Waals surface area contributed by atoms with E-state index in [1.807, 2.05) is 12.1 Å². The summed E-state index contributed by atoms with van der Waals surface area (Å²) in [7, 11) is -4.33. The largest absolute Gasteiger partial charge is 0.481 e. The minimum Gasteiger partial charge on any atom is -0.481 e. The first-order valence-electron chi connectivity index (χ1n) is 9.61. The predicted octanol–water partition coefficient (Wildman–Crippen LogP) is 3.23. The van der Waals surface area contributed by atoms with E-state index in [-0.39, 0.29) is 24.6 Å². The van der Waals surface area contributed by atoms with Gasteiger partial charge in [0.2, 0.25) is 5.91 Å². The van der Waals surface area contributed by atoms with Crippen molar-refractivity contribution in [1.82, 2.24) is 10.1 Å². The molecule has 0 spiro atoms. The second kappa shape index (κ2) is 11.1. The molecule has 1 heterocycles. The summed E-state index contributed by atoms with van der Waals surface area (Å²) in [6.07, 6.45) is -0.142. The van der Waals surface area contributed by atoms with Crippen molar-refractivity contribution in [3.63, 3.8) is 0 Å². The van der Waals surface area contributed by atoms with Gasteiger partial charge in [-0.2, -0.15) is 0 Å². The van der Waals surface area contributed by atoms with Crippen LogP contribution in [-0.2, 0) is 38.1 Å². The van der Waals surface area contributed by atoms with Gasteiger partial charge in [0.25, 0.3) is 0 Å². The van der Waals surface area contributed by atoms with Crippen molar-refractivity contribution < 1.29 is 28.7 Å². The number of anilines is 1. The van der Waals surface area contributed by atoms with E-state index in [4.69, 9.17) is 9.63 Å². The Morgan fingerprint density at radius 2 is 1.69 bits per heavy atom. The van der Waals surface area contributed by atoms with Crippen LogP contribution in [0.3, 0.4) is 0 Å². The zero-order valence-corrected chi connectivity index (χ0v) is 18.6. The molecule has 0 fully saturated rings. The zero-order valence-electron chi connectivity index (χ0n) is 16.9. The van der Waals surface area contributed by atoms with Crippen LogP contribution in [0.4, 0.5) is 5.13 Å². The fourth-order valence-electron chi connectivity index (χ4n) is 2.81. The maximum absolute atomic E-state index is 12.9. The summed E-state index contributed by atoms with van der Waals surface area (Å²) in [5.41, 5.74) is 1.79.